The van der Waals surface area contributed by atoms with Gasteiger partial charge in [-0.1, -0.05) is 6.07 Å². The van der Waals surface area contributed by atoms with Crippen molar-refractivity contribution in [2.75, 3.05) is 13.1 Å². The van der Waals surface area contributed by atoms with Crippen LogP contribution in [0.25, 0.3) is 6.08 Å². The number of hydrogen-bond acceptors (Lipinski definition) is 5. The van der Waals surface area contributed by atoms with Crippen LogP contribution in [0.3, 0.4) is 0 Å². The number of nitrogens with zero attached hydrogens (tertiary/aromatic N) is 2. The molecule has 17 heavy (non-hydrogen) atoms. The Balaban J connectivity index is 2.22. The summed E-state index contributed by atoms with van der Waals surface area (Å²) in [5.41, 5.74) is 6.14. The van der Waals surface area contributed by atoms with Crippen molar-refractivity contribution in [1.29, 1.82) is 0 Å². The molecule has 0 radical (unpaired) electrons. The molecule has 0 atom stereocenters. The molecule has 1 aromatic heterocycles. The largest absolute Gasteiger partial charge is 0.329 e. The molecule has 88 valence electrons. The van der Waals surface area contributed by atoms with E-state index >= 15 is 0 Å². The van der Waals surface area contributed by atoms with Crippen molar-refractivity contribution >= 4 is 29.0 Å². The van der Waals surface area contributed by atoms with Gasteiger partial charge in [-0.15, -0.1) is 0 Å². The number of amides is 2. The molecule has 0 saturated carbocycles. The van der Waals surface area contributed by atoms with E-state index in [1.807, 2.05) is 6.07 Å². The normalized spacial score (nSPS) is 18.2. The van der Waals surface area contributed by atoms with E-state index in [2.05, 4.69) is 4.98 Å². The predicted molar refractivity (Wildman–Crippen MR) is 66.0 cm³/mol. The van der Waals surface area contributed by atoms with Crippen LogP contribution >= 0.6 is 11.8 Å². The zero-order valence-corrected chi connectivity index (χ0v) is 9.81. The molecule has 1 aromatic rings. The van der Waals surface area contributed by atoms with Gasteiger partial charge in [0, 0.05) is 25.5 Å². The van der Waals surface area contributed by atoms with Crippen LogP contribution in [0.5, 0.6) is 0 Å². The smallest absolute Gasteiger partial charge is 0.293 e. The summed E-state index contributed by atoms with van der Waals surface area (Å²) in [6.07, 6.45) is 4.95. The van der Waals surface area contributed by atoms with Gasteiger partial charge in [0.15, 0.2) is 0 Å². The Morgan fingerprint density at radius 1 is 1.47 bits per heavy atom. The van der Waals surface area contributed by atoms with Crippen molar-refractivity contribution in [3.05, 3.63) is 35.0 Å². The lowest BCUT2D eigenvalue weighted by molar-refractivity contribution is -0.122. The molecular formula is C11H11N3O2S. The molecule has 6 heteroatoms. The first-order valence-electron chi connectivity index (χ1n) is 5.08. The molecule has 0 spiro atoms. The highest BCUT2D eigenvalue weighted by Crippen LogP contribution is 2.31. The van der Waals surface area contributed by atoms with E-state index in [0.717, 1.165) is 22.2 Å². The molecule has 0 bridgehead atoms. The van der Waals surface area contributed by atoms with Crippen LogP contribution in [0.15, 0.2) is 29.4 Å². The summed E-state index contributed by atoms with van der Waals surface area (Å²) in [6.45, 7) is 0.535. The minimum Gasteiger partial charge on any atom is -0.329 e. The summed E-state index contributed by atoms with van der Waals surface area (Å²) in [6, 6.07) is 3.60. The number of nitrogens with two attached hydrogens (primary N) is 1. The summed E-state index contributed by atoms with van der Waals surface area (Å²) < 4.78 is 0. The standard InChI is InChI=1S/C11H11N3O2S/c12-3-5-14-10(15)9(17-11(14)16)6-8-2-1-4-13-7-8/h1-2,4,6-7H,3,5,12H2/b9-6-. The highest BCUT2D eigenvalue weighted by molar-refractivity contribution is 8.18. The van der Waals surface area contributed by atoms with E-state index in [9.17, 15) is 9.59 Å². The number of hydrogen-bond donors (Lipinski definition) is 1. The quantitative estimate of drug-likeness (QED) is 0.811. The SMILES string of the molecule is NCCN1C(=O)S/C(=C\c2cccnc2)C1=O. The molecule has 2 N–H and O–H groups in total. The Morgan fingerprint density at radius 2 is 2.29 bits per heavy atom. The molecule has 2 amide bonds. The van der Waals surface area contributed by atoms with Crippen LogP contribution in [-0.4, -0.2) is 34.1 Å². The second kappa shape index (κ2) is 5.11. The van der Waals surface area contributed by atoms with Gasteiger partial charge in [-0.2, -0.15) is 0 Å². The van der Waals surface area contributed by atoms with Gasteiger partial charge >= 0.3 is 0 Å². The molecule has 2 heterocycles. The van der Waals surface area contributed by atoms with Gasteiger partial charge in [-0.05, 0) is 29.5 Å². The molecule has 1 aliphatic heterocycles. The Morgan fingerprint density at radius 3 is 2.94 bits per heavy atom. The van der Waals surface area contributed by atoms with Crippen LogP contribution in [0.4, 0.5) is 4.79 Å². The van der Waals surface area contributed by atoms with Crippen molar-refractivity contribution < 1.29 is 9.59 Å². The molecule has 0 aliphatic carbocycles. The number of pyridine rings is 1. The summed E-state index contributed by atoms with van der Waals surface area (Å²) in [7, 11) is 0. The zero-order chi connectivity index (χ0) is 12.3. The van der Waals surface area contributed by atoms with Crippen LogP contribution in [0.1, 0.15) is 5.56 Å². The van der Waals surface area contributed by atoms with Gasteiger partial charge in [0.2, 0.25) is 0 Å². The van der Waals surface area contributed by atoms with E-state index in [1.54, 1.807) is 24.5 Å². The predicted octanol–water partition coefficient (Wildman–Crippen LogP) is 1.08. The Hall–Kier alpha value is -1.66. The first kappa shape index (κ1) is 11.8. The van der Waals surface area contributed by atoms with E-state index < -0.39 is 0 Å². The Labute approximate surface area is 103 Å². The van der Waals surface area contributed by atoms with Crippen molar-refractivity contribution in [2.45, 2.75) is 0 Å². The van der Waals surface area contributed by atoms with Crippen LogP contribution in [-0.2, 0) is 4.79 Å². The molecule has 0 aromatic carbocycles. The van der Waals surface area contributed by atoms with Gasteiger partial charge in [-0.3, -0.25) is 19.5 Å². The maximum Gasteiger partial charge on any atom is 0.293 e. The minimum atomic E-state index is -0.283. The average molecular weight is 249 g/mol. The van der Waals surface area contributed by atoms with E-state index in [1.165, 1.54) is 0 Å². The summed E-state index contributed by atoms with van der Waals surface area (Å²) >= 11 is 0.932. The molecule has 0 unspecified atom stereocenters. The lowest BCUT2D eigenvalue weighted by Crippen LogP contribution is -2.33. The maximum atomic E-state index is 11.9. The topological polar surface area (TPSA) is 76.3 Å². The lowest BCUT2D eigenvalue weighted by Gasteiger charge is -2.09. The maximum absolute atomic E-state index is 11.9. The second-order valence-corrected chi connectivity index (χ2v) is 4.40. The fourth-order valence-electron chi connectivity index (χ4n) is 1.43. The molecule has 5 nitrogen and oxygen atoms in total. The minimum absolute atomic E-state index is 0.259. The molecule has 1 fully saturated rings. The van der Waals surface area contributed by atoms with Gasteiger partial charge in [-0.25, -0.2) is 0 Å². The zero-order valence-electron chi connectivity index (χ0n) is 9.00. The van der Waals surface area contributed by atoms with Crippen LogP contribution in [0, 0.1) is 0 Å². The van der Waals surface area contributed by atoms with Crippen molar-refractivity contribution in [1.82, 2.24) is 9.88 Å². The number of rotatable bonds is 3. The third kappa shape index (κ3) is 2.54. The van der Waals surface area contributed by atoms with E-state index in [0.29, 0.717) is 4.91 Å². The number of thioether (sulfide) groups is 1. The van der Waals surface area contributed by atoms with Crippen molar-refractivity contribution in [3.63, 3.8) is 0 Å². The first-order chi connectivity index (χ1) is 8.22. The number of imide groups is 1. The monoisotopic (exact) mass is 249 g/mol. The van der Waals surface area contributed by atoms with Gasteiger partial charge in [0.25, 0.3) is 11.1 Å². The van der Waals surface area contributed by atoms with E-state index in [-0.39, 0.29) is 24.2 Å². The van der Waals surface area contributed by atoms with Gasteiger partial charge in [0.1, 0.15) is 0 Å². The molecular weight excluding hydrogens is 238 g/mol. The van der Waals surface area contributed by atoms with Crippen LogP contribution in [0.2, 0.25) is 0 Å². The number of carbonyl (C=O) groups excluding carboxylic acids is 2. The Bertz CT molecular complexity index is 473. The second-order valence-electron chi connectivity index (χ2n) is 3.41. The number of aromatic nitrogens is 1. The molecule has 1 saturated heterocycles. The number of carbonyl (C=O) groups is 2. The summed E-state index contributed by atoms with van der Waals surface area (Å²) in [5.74, 6) is -0.283. The van der Waals surface area contributed by atoms with Gasteiger partial charge < -0.3 is 5.73 Å². The lowest BCUT2D eigenvalue weighted by atomic mass is 10.2. The summed E-state index contributed by atoms with van der Waals surface area (Å²) in [4.78, 5) is 28.9. The molecule has 1 aliphatic rings. The van der Waals surface area contributed by atoms with E-state index in [4.69, 9.17) is 5.73 Å². The fraction of sp³-hybridized carbons (Fsp3) is 0.182. The summed E-state index contributed by atoms with van der Waals surface area (Å²) in [5, 5.41) is -0.268. The fourth-order valence-corrected chi connectivity index (χ4v) is 2.30. The van der Waals surface area contributed by atoms with Gasteiger partial charge in [0.05, 0.1) is 4.91 Å². The average Bonchev–Trinajstić information content (AvgIpc) is 2.59. The first-order valence-corrected chi connectivity index (χ1v) is 5.89. The Kier molecular flexibility index (Phi) is 3.55. The third-order valence-electron chi connectivity index (χ3n) is 2.21. The van der Waals surface area contributed by atoms with Crippen molar-refractivity contribution in [2.24, 2.45) is 5.73 Å². The molecule has 2 rings (SSSR count). The highest BCUT2D eigenvalue weighted by atomic mass is 32.2. The van der Waals surface area contributed by atoms with Crippen molar-refractivity contribution in [3.8, 4) is 0 Å². The van der Waals surface area contributed by atoms with Crippen LogP contribution < -0.4 is 5.73 Å². The highest BCUT2D eigenvalue weighted by Gasteiger charge is 2.34. The third-order valence-corrected chi connectivity index (χ3v) is 3.12.